The van der Waals surface area contributed by atoms with Gasteiger partial charge in [0, 0.05) is 73.2 Å². The van der Waals surface area contributed by atoms with Gasteiger partial charge in [-0.05, 0) is 230 Å². The highest BCUT2D eigenvalue weighted by atomic mass is 32.2. The van der Waals surface area contributed by atoms with Gasteiger partial charge in [-0.25, -0.2) is 0 Å². The molecule has 1 aliphatic rings. The molecule has 1 aliphatic carbocycles. The normalized spacial score (nSPS) is 11.0. The van der Waals surface area contributed by atoms with Crippen molar-refractivity contribution in [3.8, 4) is 15.5 Å². The van der Waals surface area contributed by atoms with E-state index < -0.39 is 29.8 Å². The van der Waals surface area contributed by atoms with E-state index in [-0.39, 0.29) is 90.1 Å². The third-order valence-electron chi connectivity index (χ3n) is 22.2. The van der Waals surface area contributed by atoms with Crippen LogP contribution >= 0.6 is 20.9 Å². The molecular formula is C128H108O11S5. The minimum Gasteiger partial charge on any atom is -0.550 e. The highest BCUT2D eigenvalue weighted by molar-refractivity contribution is 7.97. The van der Waals surface area contributed by atoms with Crippen molar-refractivity contribution >= 4 is 124 Å². The Morgan fingerprint density at radius 1 is 0.236 bits per heavy atom. The average Bonchev–Trinajstić information content (AvgIpc) is 1.60. The van der Waals surface area contributed by atoms with Gasteiger partial charge >= 0.3 is 0 Å². The van der Waals surface area contributed by atoms with Crippen LogP contribution in [0.25, 0.3) is 50.1 Å². The van der Waals surface area contributed by atoms with Crippen LogP contribution in [0.2, 0.25) is 0 Å². The monoisotopic (exact) mass is 1980 g/mol. The van der Waals surface area contributed by atoms with Crippen molar-refractivity contribution in [3.63, 3.8) is 0 Å². The van der Waals surface area contributed by atoms with Crippen molar-refractivity contribution in [1.82, 2.24) is 0 Å². The van der Waals surface area contributed by atoms with E-state index >= 15 is 0 Å². The molecule has 22 rings (SSSR count). The van der Waals surface area contributed by atoms with Crippen LogP contribution in [0.5, 0.6) is 5.75 Å². The maximum absolute atomic E-state index is 10.2. The summed E-state index contributed by atoms with van der Waals surface area (Å²) in [6, 6.07) is 187. The van der Waals surface area contributed by atoms with Crippen LogP contribution in [0.4, 0.5) is 0 Å². The number of benzene rings is 19. The van der Waals surface area contributed by atoms with Crippen LogP contribution in [0, 0.1) is 5.92 Å². The Balaban J connectivity index is 0.000000136. The summed E-state index contributed by atoms with van der Waals surface area (Å²) in [5, 5.41) is 56.1. The van der Waals surface area contributed by atoms with E-state index in [0.717, 1.165) is 31.2 Å². The molecule has 144 heavy (non-hydrogen) atoms. The Morgan fingerprint density at radius 2 is 0.444 bits per heavy atom. The van der Waals surface area contributed by atoms with Gasteiger partial charge in [-0.2, -0.15) is 0 Å². The quantitative estimate of drug-likeness (QED) is 0.0655. The molecule has 0 radical (unpaired) electrons. The molecule has 1 saturated carbocycles. The third kappa shape index (κ3) is 32.4. The lowest BCUT2D eigenvalue weighted by Crippen LogP contribution is -2.32. The van der Waals surface area contributed by atoms with Gasteiger partial charge < -0.3 is 54.2 Å². The highest BCUT2D eigenvalue weighted by Crippen LogP contribution is 2.50. The first kappa shape index (κ1) is 105. The molecule has 0 amide bonds. The topological polar surface area (TPSA) is 210 Å². The van der Waals surface area contributed by atoms with Crippen LogP contribution in [0.1, 0.15) is 64.8 Å². The summed E-state index contributed by atoms with van der Waals surface area (Å²) in [5.74, 6) is -4.70. The molecule has 16 heteroatoms. The number of carboxylic acids is 5. The van der Waals surface area contributed by atoms with Crippen molar-refractivity contribution in [2.24, 2.45) is 5.92 Å². The number of fused-ring (bicyclic) bond motifs is 6. The number of rotatable bonds is 20. The van der Waals surface area contributed by atoms with E-state index in [4.69, 9.17) is 4.74 Å². The Bertz CT molecular complexity index is 6470. The van der Waals surface area contributed by atoms with Crippen LogP contribution < -0.4 is 30.3 Å². The third-order valence-corrected chi connectivity index (χ3v) is 33.6. The lowest BCUT2D eigenvalue weighted by molar-refractivity contribution is -0.312. The molecule has 716 valence electrons. The van der Waals surface area contributed by atoms with Gasteiger partial charge in [-0.1, -0.05) is 377 Å². The van der Waals surface area contributed by atoms with Crippen LogP contribution in [-0.2, 0) is 53.5 Å². The molecule has 0 unspecified atom stereocenters. The molecular weight excluding hydrogens is 1870 g/mol. The fraction of sp³-hybridized carbons (Fsp3) is 0.0703. The van der Waals surface area contributed by atoms with E-state index in [1.54, 1.807) is 72.8 Å². The Kier molecular flexibility index (Phi) is 42.5. The van der Waals surface area contributed by atoms with Gasteiger partial charge in [-0.15, -0.1) is 0 Å². The zero-order chi connectivity index (χ0) is 100. The molecule has 0 spiro atoms. The van der Waals surface area contributed by atoms with E-state index in [2.05, 4.69) is 431 Å². The Hall–Kier alpha value is -16.2. The number of aliphatic carboxylic acids is 3. The molecule has 0 bridgehead atoms. The zero-order valence-electron chi connectivity index (χ0n) is 79.3. The number of hydrogen-bond donors (Lipinski definition) is 0. The van der Waals surface area contributed by atoms with Crippen LogP contribution in [0.3, 0.4) is 0 Å². The molecule has 2 aromatic heterocycles. The largest absolute Gasteiger partial charge is 0.550 e. The van der Waals surface area contributed by atoms with Gasteiger partial charge in [0.05, 0.1) is 51.2 Å². The second kappa shape index (κ2) is 58.1. The lowest BCUT2D eigenvalue weighted by atomic mass is 9.90. The number of aromatic carboxylic acids is 2. The number of carboxylic acid groups (broad SMARTS) is 5. The second-order valence-corrected chi connectivity index (χ2v) is 42.2. The number of hydrogen-bond acceptors (Lipinski definition) is 11. The summed E-state index contributed by atoms with van der Waals surface area (Å²) in [4.78, 5) is 65.5. The summed E-state index contributed by atoms with van der Waals surface area (Å²) in [6.45, 7) is 0.159. The van der Waals surface area contributed by atoms with Gasteiger partial charge in [0.2, 0.25) is 0 Å². The van der Waals surface area contributed by atoms with E-state index in [0.29, 0.717) is 5.75 Å². The molecule has 0 N–H and O–H groups in total. The zero-order valence-corrected chi connectivity index (χ0v) is 83.4. The number of para-hydroxylation sites is 1. The number of thiophene rings is 2. The first-order chi connectivity index (χ1) is 70.7. The minimum atomic E-state index is -1.13. The molecule has 1 fully saturated rings. The van der Waals surface area contributed by atoms with Gasteiger partial charge in [0.15, 0.2) is 72.6 Å². The van der Waals surface area contributed by atoms with Crippen molar-refractivity contribution in [3.05, 3.63) is 569 Å². The molecule has 11 nitrogen and oxygen atoms in total. The van der Waals surface area contributed by atoms with E-state index in [1.165, 1.54) is 125 Å². The SMILES string of the molecule is O=C([O-])C1CCCCC1.O=C([O-])CCOc1ccccc1.O=C([O-])Cc1ccccc1.O=C([O-])c1ccccc1.O=C([O-])c1ccccc1.c1ccc(-[s+]2c3ccccc3c3ccccc32)cc1.c1ccc(-[s+]2c3ccccc3c3ccccc32)cc1.c1ccc([S+](c2ccccc2)c2ccccc2)cc1.c1ccc([S+](c2ccccc2)c2ccccc2)cc1.c1ccc([S+](c2ccccc2)c2ccccc2)cc1. The molecule has 0 atom stereocenters. The van der Waals surface area contributed by atoms with Gasteiger partial charge in [-0.3, -0.25) is 0 Å². The van der Waals surface area contributed by atoms with Crippen molar-refractivity contribution in [2.45, 2.75) is 89.0 Å². The van der Waals surface area contributed by atoms with Gasteiger partial charge in [0.1, 0.15) is 5.75 Å². The number of carbonyl (C=O) groups excluding carboxylic acids is 5. The molecule has 2 heterocycles. The predicted molar refractivity (Wildman–Crippen MR) is 585 cm³/mol. The van der Waals surface area contributed by atoms with Crippen molar-refractivity contribution in [1.29, 1.82) is 0 Å². The Labute approximate surface area is 857 Å². The van der Waals surface area contributed by atoms with Crippen LogP contribution in [-0.4, -0.2) is 36.5 Å². The molecule has 0 aliphatic heterocycles. The number of ether oxygens (including phenoxy) is 1. The summed E-state index contributed by atoms with van der Waals surface area (Å²) < 4.78 is 10.9. The molecule has 19 aromatic carbocycles. The first-order valence-electron chi connectivity index (χ1n) is 47.2. The summed E-state index contributed by atoms with van der Waals surface area (Å²) in [5.41, 5.74) is 1.22. The van der Waals surface area contributed by atoms with E-state index in [1.807, 2.05) is 24.3 Å². The molecule has 0 saturated heterocycles. The van der Waals surface area contributed by atoms with Crippen molar-refractivity contribution < 1.29 is 54.2 Å². The lowest BCUT2D eigenvalue weighted by Gasteiger charge is -2.21. The average molecular weight is 1980 g/mol. The molecule has 21 aromatic rings. The first-order valence-corrected chi connectivity index (χ1v) is 53.4. The fourth-order valence-corrected chi connectivity index (χ4v) is 26.7. The number of carbonyl (C=O) groups is 5. The van der Waals surface area contributed by atoms with Gasteiger partial charge in [0.25, 0.3) is 0 Å². The summed E-state index contributed by atoms with van der Waals surface area (Å²) in [6.07, 6.45) is 4.93. The summed E-state index contributed by atoms with van der Waals surface area (Å²) >= 11 is 0. The van der Waals surface area contributed by atoms with Crippen LogP contribution in [0.15, 0.2) is 596 Å². The smallest absolute Gasteiger partial charge is 0.187 e. The highest BCUT2D eigenvalue weighted by Gasteiger charge is 2.32. The summed E-state index contributed by atoms with van der Waals surface area (Å²) in [7, 11) is 0.0750. The van der Waals surface area contributed by atoms with E-state index in [9.17, 15) is 49.5 Å². The Morgan fingerprint density at radius 3 is 0.653 bits per heavy atom. The van der Waals surface area contributed by atoms with Crippen molar-refractivity contribution in [2.75, 3.05) is 6.61 Å². The second-order valence-electron chi connectivity index (χ2n) is 32.2. The maximum atomic E-state index is 10.2. The standard InChI is InChI=1S/2C18H13S.3C18H15S.C9H10O3.C8H8O2.C7H12O2.2C7H6O2/c2*1-2-8-14(9-3-1)19-17-12-6-4-10-15(17)16-11-5-7-13-18(16)19;3*1-4-10-16(11-5-1)19(17-12-6-2-7-13-17)18-14-8-3-9-15-18;10-9(11)6-7-12-8-4-2-1-3-5-8;9-8(10)6-7-4-2-1-3-5-7;3*8-7(9)6-4-2-1-3-5-6/h2*1-13H;3*1-15H;1-5H,6-7H2,(H,10,11);1-5H,6H2,(H,9,10);6H,1-5H2,(H,8,9);2*1-5H,(H,8,9)/q5*+1;;;;;/p-5. The fourth-order valence-electron chi connectivity index (χ4n) is 15.6. The predicted octanol–water partition coefficient (Wildman–Crippen LogP) is 26.4. The maximum Gasteiger partial charge on any atom is 0.187 e. The minimum absolute atomic E-state index is 0.000833.